The van der Waals surface area contributed by atoms with Gasteiger partial charge in [-0.15, -0.1) is 0 Å². The number of nitrogens with one attached hydrogen (secondary N) is 2. The average Bonchev–Trinajstić information content (AvgIpc) is 3.38. The number of benzene rings is 3. The van der Waals surface area contributed by atoms with Crippen LogP contribution in [0.4, 0.5) is 18.9 Å². The molecule has 0 aliphatic carbocycles. The molecule has 1 aromatic heterocycles. The minimum Gasteiger partial charge on any atom is -0.480 e. The number of hydrogen-bond donors (Lipinski definition) is 4. The Morgan fingerprint density at radius 3 is 2.29 bits per heavy atom. The van der Waals surface area contributed by atoms with Crippen molar-refractivity contribution in [2.45, 2.75) is 78.0 Å². The molecule has 1 amide bonds. The van der Waals surface area contributed by atoms with Crippen LogP contribution in [0.5, 0.6) is 0 Å². The van der Waals surface area contributed by atoms with E-state index < -0.39 is 57.2 Å². The number of alkyl halides is 3. The summed E-state index contributed by atoms with van der Waals surface area (Å²) in [6.45, 7) is 6.93. The Morgan fingerprint density at radius 1 is 0.980 bits per heavy atom. The van der Waals surface area contributed by atoms with E-state index in [9.17, 15) is 41.4 Å². The number of rotatable bonds is 12. The van der Waals surface area contributed by atoms with E-state index in [0.29, 0.717) is 22.9 Å². The summed E-state index contributed by atoms with van der Waals surface area (Å²) in [6, 6.07) is 14.7. The second kappa shape index (κ2) is 14.7. The zero-order valence-electron chi connectivity index (χ0n) is 28.9. The van der Waals surface area contributed by atoms with Gasteiger partial charge in [-0.3, -0.25) is 9.10 Å². The lowest BCUT2D eigenvalue weighted by Crippen LogP contribution is -2.53. The van der Waals surface area contributed by atoms with Crippen LogP contribution in [0.15, 0.2) is 72.9 Å². The molecule has 14 heteroatoms. The summed E-state index contributed by atoms with van der Waals surface area (Å²) in [7, 11) is -4.17. The van der Waals surface area contributed by atoms with E-state index >= 15 is 0 Å². The fourth-order valence-corrected chi connectivity index (χ4v) is 8.39. The number of carboxylic acids is 1. The first kappa shape index (κ1) is 37.8. The molecular weight excluding hydrogens is 685 g/mol. The van der Waals surface area contributed by atoms with Crippen molar-refractivity contribution < 1.29 is 41.4 Å². The van der Waals surface area contributed by atoms with Crippen molar-refractivity contribution in [3.8, 4) is 0 Å². The number of halogens is 3. The minimum absolute atomic E-state index is 0.0343. The summed E-state index contributed by atoms with van der Waals surface area (Å²) in [5.74, 6) is -2.28. The van der Waals surface area contributed by atoms with Crippen LogP contribution in [0.1, 0.15) is 60.3 Å². The fraction of sp³-hybridized carbons (Fsp3) is 0.405. The van der Waals surface area contributed by atoms with Crippen LogP contribution < -0.4 is 14.9 Å². The predicted octanol–water partition coefficient (Wildman–Crippen LogP) is 5.36. The molecular formula is C37H43F3N4O6S. The topological polar surface area (TPSA) is 141 Å². The monoisotopic (exact) mass is 728 g/mol. The smallest absolute Gasteiger partial charge is 0.416 e. The Morgan fingerprint density at radius 2 is 1.67 bits per heavy atom. The molecule has 0 spiro atoms. The number of aryl methyl sites for hydroxylation is 2. The molecule has 0 fully saturated rings. The number of nitrogens with zero attached hydrogens (tertiary/aromatic N) is 2. The zero-order chi connectivity index (χ0) is 37.3. The zero-order valence-corrected chi connectivity index (χ0v) is 29.7. The normalized spacial score (nSPS) is 16.4. The second-order valence-corrected chi connectivity index (χ2v) is 15.9. The number of aromatic nitrogens is 1. The van der Waals surface area contributed by atoms with Gasteiger partial charge in [0.1, 0.15) is 6.04 Å². The van der Waals surface area contributed by atoms with Crippen LogP contribution in [0.25, 0.3) is 10.9 Å². The summed E-state index contributed by atoms with van der Waals surface area (Å²) in [5.41, 5.74) is 0.888. The van der Waals surface area contributed by atoms with E-state index in [1.807, 2.05) is 43.5 Å². The van der Waals surface area contributed by atoms with Crippen molar-refractivity contribution in [1.82, 2.24) is 15.2 Å². The highest BCUT2D eigenvalue weighted by atomic mass is 32.2. The lowest BCUT2D eigenvalue weighted by atomic mass is 9.86. The Labute approximate surface area is 295 Å². The fourth-order valence-electron chi connectivity index (χ4n) is 6.60. The maximum absolute atomic E-state index is 14.1. The van der Waals surface area contributed by atoms with Gasteiger partial charge in [-0.2, -0.15) is 13.2 Å². The largest absolute Gasteiger partial charge is 0.480 e. The maximum atomic E-state index is 14.1. The Hall–Kier alpha value is -4.40. The van der Waals surface area contributed by atoms with E-state index in [-0.39, 0.29) is 43.1 Å². The number of aliphatic hydroxyl groups is 1. The average molecular weight is 729 g/mol. The van der Waals surface area contributed by atoms with Gasteiger partial charge in [0.15, 0.2) is 0 Å². The molecule has 0 saturated heterocycles. The van der Waals surface area contributed by atoms with Gasteiger partial charge >= 0.3 is 12.1 Å². The van der Waals surface area contributed by atoms with Gasteiger partial charge in [-0.05, 0) is 53.1 Å². The molecule has 3 aromatic carbocycles. The summed E-state index contributed by atoms with van der Waals surface area (Å²) < 4.78 is 70.1. The molecule has 4 aromatic rings. The number of aliphatic hydroxyl groups excluding tert-OH is 1. The van der Waals surface area contributed by atoms with E-state index in [0.717, 1.165) is 27.6 Å². The van der Waals surface area contributed by atoms with Crippen molar-refractivity contribution >= 4 is 38.5 Å². The number of carbonyl (C=O) groups is 2. The Balaban J connectivity index is 1.50. The number of carboxylic acid groups (broad SMARTS) is 1. The molecule has 0 radical (unpaired) electrons. The molecule has 4 N–H and O–H groups in total. The number of hydrogen-bond acceptors (Lipinski definition) is 6. The van der Waals surface area contributed by atoms with Crippen LogP contribution in [-0.2, 0) is 46.9 Å². The summed E-state index contributed by atoms with van der Waals surface area (Å²) in [6.07, 6.45) is -3.08. The molecule has 3 atom stereocenters. The van der Waals surface area contributed by atoms with Gasteiger partial charge in [0.2, 0.25) is 10.0 Å². The van der Waals surface area contributed by atoms with E-state index in [1.165, 1.54) is 12.1 Å². The Kier molecular flexibility index (Phi) is 10.9. The van der Waals surface area contributed by atoms with Gasteiger partial charge in [0.25, 0.3) is 5.91 Å². The first-order chi connectivity index (χ1) is 23.9. The van der Waals surface area contributed by atoms with E-state index in [1.54, 1.807) is 37.5 Å². The van der Waals surface area contributed by atoms with Crippen LogP contribution in [0.3, 0.4) is 0 Å². The highest BCUT2D eigenvalue weighted by Gasteiger charge is 2.45. The van der Waals surface area contributed by atoms with Crippen LogP contribution in [0, 0.1) is 5.41 Å². The van der Waals surface area contributed by atoms with Gasteiger partial charge in [-0.25, -0.2) is 13.2 Å². The van der Waals surface area contributed by atoms with Crippen molar-refractivity contribution in [3.63, 3.8) is 0 Å². The third-order valence-corrected chi connectivity index (χ3v) is 10.8. The molecule has 1 unspecified atom stereocenters. The van der Waals surface area contributed by atoms with Gasteiger partial charge < -0.3 is 25.4 Å². The number of sulfonamides is 1. The number of carbonyl (C=O) groups excluding carboxylic acids is 1. The third kappa shape index (κ3) is 8.40. The number of amides is 1. The molecule has 1 aliphatic rings. The van der Waals surface area contributed by atoms with E-state index in [2.05, 4.69) is 10.6 Å². The van der Waals surface area contributed by atoms with Gasteiger partial charge in [0, 0.05) is 36.8 Å². The predicted molar refractivity (Wildman–Crippen MR) is 189 cm³/mol. The van der Waals surface area contributed by atoms with Crippen molar-refractivity contribution in [1.29, 1.82) is 0 Å². The molecule has 2 heterocycles. The SMILES string of the molecule is CCc1cn2c3c(cc(C(=O)N[C@@H](Cc4ccccc4)[C@H](O)CNCc4cccc(C(F)(F)F)c4)cc13)N(C(C(=O)O)C(C)(C)C)S(=O)(=O)CC2. The lowest BCUT2D eigenvalue weighted by Gasteiger charge is -2.37. The molecule has 1 aliphatic heterocycles. The quantitative estimate of drug-likeness (QED) is 0.154. The summed E-state index contributed by atoms with van der Waals surface area (Å²) in [5, 5.41) is 28.2. The first-order valence-corrected chi connectivity index (χ1v) is 18.3. The maximum Gasteiger partial charge on any atom is 0.416 e. The van der Waals surface area contributed by atoms with Crippen molar-refractivity contribution in [2.75, 3.05) is 16.6 Å². The van der Waals surface area contributed by atoms with Crippen molar-refractivity contribution in [3.05, 3.63) is 101 Å². The second-order valence-electron chi connectivity index (χ2n) is 14.0. The third-order valence-electron chi connectivity index (χ3n) is 9.11. The van der Waals surface area contributed by atoms with Crippen LogP contribution in [-0.4, -0.2) is 65.6 Å². The molecule has 51 heavy (non-hydrogen) atoms. The molecule has 5 rings (SSSR count). The minimum atomic E-state index is -4.50. The number of anilines is 1. The van der Waals surface area contributed by atoms with Crippen LogP contribution in [0.2, 0.25) is 0 Å². The lowest BCUT2D eigenvalue weighted by molar-refractivity contribution is -0.141. The highest BCUT2D eigenvalue weighted by molar-refractivity contribution is 7.92. The van der Waals surface area contributed by atoms with Gasteiger partial charge in [0.05, 0.1) is 34.7 Å². The van der Waals surface area contributed by atoms with E-state index in [4.69, 9.17) is 0 Å². The molecule has 274 valence electrons. The molecule has 10 nitrogen and oxygen atoms in total. The van der Waals surface area contributed by atoms with Gasteiger partial charge in [-0.1, -0.05) is 76.2 Å². The van der Waals surface area contributed by atoms with Crippen LogP contribution >= 0.6 is 0 Å². The first-order valence-electron chi connectivity index (χ1n) is 16.7. The standard InChI is InChI=1S/C37H43F3N4O6S/c1-5-25-22-43-14-15-51(49,50)44(33(35(47)48)36(2,3)4)30-19-26(18-28(25)32(30)43)34(46)42-29(17-23-10-7-6-8-11-23)31(45)21-41-20-24-12-9-13-27(16-24)37(38,39)40/h6-13,16,18-19,22,29,31,33,41,45H,5,14-15,17,20-21H2,1-4H3,(H,42,46)(H,47,48)/t29-,31+,33?/m0/s1. The number of aliphatic carboxylic acids is 1. The highest BCUT2D eigenvalue weighted by Crippen LogP contribution is 2.41. The summed E-state index contributed by atoms with van der Waals surface area (Å²) >= 11 is 0. The summed E-state index contributed by atoms with van der Waals surface area (Å²) in [4.78, 5) is 26.8. The Bertz CT molecular complexity index is 2010. The van der Waals surface area contributed by atoms with Crippen molar-refractivity contribution in [2.24, 2.45) is 5.41 Å². The molecule has 0 bridgehead atoms. The molecule has 0 saturated carbocycles.